The predicted octanol–water partition coefficient (Wildman–Crippen LogP) is 3.28. The fourth-order valence-corrected chi connectivity index (χ4v) is 1.86. The van der Waals surface area contributed by atoms with Crippen LogP contribution in [0, 0.1) is 0 Å². The number of ketones is 1. The third-order valence-electron chi connectivity index (χ3n) is 1.43. The van der Waals surface area contributed by atoms with Crippen molar-refractivity contribution >= 4 is 44.9 Å². The van der Waals surface area contributed by atoms with Gasteiger partial charge in [0.1, 0.15) is 5.75 Å². The van der Waals surface area contributed by atoms with E-state index in [1.165, 1.54) is 12.1 Å². The van der Waals surface area contributed by atoms with Crippen molar-refractivity contribution < 1.29 is 9.90 Å². The maximum atomic E-state index is 11.3. The minimum Gasteiger partial charge on any atom is -0.508 e. The molecule has 0 heterocycles. The lowest BCUT2D eigenvalue weighted by atomic mass is 10.1. The molecule has 0 radical (unpaired) electrons. The quantitative estimate of drug-likeness (QED) is 0.668. The Morgan fingerprint density at radius 2 is 1.85 bits per heavy atom. The third kappa shape index (κ3) is 2.36. The Balaban J connectivity index is 3.28. The zero-order valence-electron chi connectivity index (χ0n) is 6.35. The van der Waals surface area contributed by atoms with Crippen molar-refractivity contribution in [3.8, 4) is 5.75 Å². The van der Waals surface area contributed by atoms with E-state index in [9.17, 15) is 4.79 Å². The number of carbonyl (C=O) groups is 1. The van der Waals surface area contributed by atoms with Crippen LogP contribution in [0.1, 0.15) is 10.4 Å². The summed E-state index contributed by atoms with van der Waals surface area (Å²) in [6, 6.07) is 2.56. The summed E-state index contributed by atoms with van der Waals surface area (Å²) in [6.45, 7) is 0. The molecule has 0 atom stereocenters. The molecule has 0 bridgehead atoms. The van der Waals surface area contributed by atoms with E-state index in [-0.39, 0.29) is 32.5 Å². The topological polar surface area (TPSA) is 37.3 Å². The summed E-state index contributed by atoms with van der Waals surface area (Å²) < 4.78 is 0. The fourth-order valence-electron chi connectivity index (χ4n) is 0.893. The molecule has 0 saturated carbocycles. The predicted molar refractivity (Wildman–Crippen MR) is 56.3 cm³/mol. The van der Waals surface area contributed by atoms with Gasteiger partial charge in [-0.05, 0) is 12.1 Å². The van der Waals surface area contributed by atoms with Gasteiger partial charge in [-0.25, -0.2) is 0 Å². The van der Waals surface area contributed by atoms with Crippen molar-refractivity contribution in [3.63, 3.8) is 0 Å². The number of benzene rings is 1. The van der Waals surface area contributed by atoms with E-state index in [0.717, 1.165) is 0 Å². The lowest BCUT2D eigenvalue weighted by molar-refractivity contribution is 0.102. The van der Waals surface area contributed by atoms with E-state index in [1.54, 1.807) is 0 Å². The summed E-state index contributed by atoms with van der Waals surface area (Å²) in [5.74, 6) is -0.267. The second kappa shape index (κ2) is 4.31. The van der Waals surface area contributed by atoms with Gasteiger partial charge >= 0.3 is 0 Å². The van der Waals surface area contributed by atoms with Crippen LogP contribution in [-0.2, 0) is 0 Å². The first-order chi connectivity index (χ1) is 6.06. The average Bonchev–Trinajstić information content (AvgIpc) is 2.02. The Morgan fingerprint density at radius 3 is 2.23 bits per heavy atom. The molecule has 0 fully saturated rings. The smallest absolute Gasteiger partial charge is 0.176 e. The van der Waals surface area contributed by atoms with E-state index < -0.39 is 0 Å². The van der Waals surface area contributed by atoms with Crippen LogP contribution in [0.4, 0.5) is 0 Å². The summed E-state index contributed by atoms with van der Waals surface area (Å²) >= 11 is 14.5. The van der Waals surface area contributed by atoms with Gasteiger partial charge in [-0.15, -0.1) is 0 Å². The molecule has 0 saturated heterocycles. The second-order valence-corrected chi connectivity index (χ2v) is 3.72. The molecule has 1 aromatic carbocycles. The monoisotopic (exact) mass is 282 g/mol. The lowest BCUT2D eigenvalue weighted by Gasteiger charge is -2.04. The zero-order chi connectivity index (χ0) is 10.0. The fraction of sp³-hybridized carbons (Fsp3) is 0.125. The number of phenolic OH excluding ortho intramolecular Hbond substituents is 1. The highest BCUT2D eigenvalue weighted by molar-refractivity contribution is 9.09. The van der Waals surface area contributed by atoms with E-state index >= 15 is 0 Å². The van der Waals surface area contributed by atoms with Gasteiger partial charge in [0, 0.05) is 0 Å². The summed E-state index contributed by atoms with van der Waals surface area (Å²) in [4.78, 5) is 11.3. The molecular weight excluding hydrogens is 279 g/mol. The maximum Gasteiger partial charge on any atom is 0.176 e. The van der Waals surface area contributed by atoms with Crippen molar-refractivity contribution in [2.45, 2.75) is 0 Å². The minimum absolute atomic E-state index is 0.0545. The SMILES string of the molecule is O=C(CBr)c1c(Cl)cc(O)cc1Cl. The van der Waals surface area contributed by atoms with Crippen LogP contribution < -0.4 is 0 Å². The first kappa shape index (κ1) is 10.8. The Kier molecular flexibility index (Phi) is 3.59. The highest BCUT2D eigenvalue weighted by Gasteiger charge is 2.14. The number of rotatable bonds is 2. The Labute approximate surface area is 93.6 Å². The van der Waals surface area contributed by atoms with Gasteiger partial charge in [0.2, 0.25) is 0 Å². The number of alkyl halides is 1. The van der Waals surface area contributed by atoms with Gasteiger partial charge in [-0.2, -0.15) is 0 Å². The molecular formula is C8H5BrCl2O2. The number of hydrogen-bond acceptors (Lipinski definition) is 2. The van der Waals surface area contributed by atoms with Crippen molar-refractivity contribution in [1.82, 2.24) is 0 Å². The number of aromatic hydroxyl groups is 1. The Bertz CT molecular complexity index is 329. The molecule has 0 aliphatic carbocycles. The van der Waals surface area contributed by atoms with Crippen LogP contribution in [0.3, 0.4) is 0 Å². The molecule has 2 nitrogen and oxygen atoms in total. The van der Waals surface area contributed by atoms with Gasteiger partial charge in [0.15, 0.2) is 5.78 Å². The second-order valence-electron chi connectivity index (χ2n) is 2.34. The normalized spacial score (nSPS) is 10.1. The maximum absolute atomic E-state index is 11.3. The van der Waals surface area contributed by atoms with Crippen molar-refractivity contribution in [2.75, 3.05) is 5.33 Å². The molecule has 0 amide bonds. The molecule has 0 aliphatic rings. The zero-order valence-corrected chi connectivity index (χ0v) is 9.45. The standard InChI is InChI=1S/C8H5BrCl2O2/c9-3-7(13)8-5(10)1-4(12)2-6(8)11/h1-2,12H,3H2. The molecule has 1 N–H and O–H groups in total. The van der Waals surface area contributed by atoms with Crippen LogP contribution in [0.15, 0.2) is 12.1 Å². The first-order valence-electron chi connectivity index (χ1n) is 3.33. The average molecular weight is 284 g/mol. The van der Waals surface area contributed by atoms with Gasteiger partial charge in [0.25, 0.3) is 0 Å². The van der Waals surface area contributed by atoms with E-state index in [1.807, 2.05) is 0 Å². The molecule has 0 spiro atoms. The molecule has 1 aromatic rings. The van der Waals surface area contributed by atoms with Crippen molar-refractivity contribution in [1.29, 1.82) is 0 Å². The largest absolute Gasteiger partial charge is 0.508 e. The van der Waals surface area contributed by atoms with Crippen LogP contribution in [0.2, 0.25) is 10.0 Å². The molecule has 5 heteroatoms. The van der Waals surface area contributed by atoms with Gasteiger partial charge < -0.3 is 5.11 Å². The van der Waals surface area contributed by atoms with Crippen LogP contribution in [0.25, 0.3) is 0 Å². The molecule has 13 heavy (non-hydrogen) atoms. The number of halogens is 3. The number of carbonyl (C=O) groups excluding carboxylic acids is 1. The van der Waals surface area contributed by atoms with Crippen molar-refractivity contribution in [3.05, 3.63) is 27.7 Å². The molecule has 0 aromatic heterocycles. The highest BCUT2D eigenvalue weighted by Crippen LogP contribution is 2.30. The number of Topliss-reactive ketones (excluding diaryl/α,β-unsaturated/α-hetero) is 1. The van der Waals surface area contributed by atoms with Crippen LogP contribution >= 0.6 is 39.1 Å². The summed E-state index contributed by atoms with van der Waals surface area (Å²) in [5.41, 5.74) is 0.234. The summed E-state index contributed by atoms with van der Waals surface area (Å²) in [7, 11) is 0. The van der Waals surface area contributed by atoms with Crippen LogP contribution in [-0.4, -0.2) is 16.2 Å². The van der Waals surface area contributed by atoms with Gasteiger partial charge in [0.05, 0.1) is 20.9 Å². The van der Waals surface area contributed by atoms with E-state index in [0.29, 0.717) is 0 Å². The molecule has 0 aliphatic heterocycles. The highest BCUT2D eigenvalue weighted by atomic mass is 79.9. The van der Waals surface area contributed by atoms with E-state index in [2.05, 4.69) is 15.9 Å². The Morgan fingerprint density at radius 1 is 1.38 bits per heavy atom. The lowest BCUT2D eigenvalue weighted by Crippen LogP contribution is -2.01. The summed E-state index contributed by atoms with van der Waals surface area (Å²) in [6.07, 6.45) is 0. The van der Waals surface area contributed by atoms with E-state index in [4.69, 9.17) is 28.3 Å². The van der Waals surface area contributed by atoms with Crippen molar-refractivity contribution in [2.24, 2.45) is 0 Å². The molecule has 1 rings (SSSR count). The Hall–Kier alpha value is -0.250. The summed E-state index contributed by atoms with van der Waals surface area (Å²) in [5, 5.41) is 9.55. The number of hydrogen-bond donors (Lipinski definition) is 1. The first-order valence-corrected chi connectivity index (χ1v) is 5.21. The van der Waals surface area contributed by atoms with Crippen LogP contribution in [0.5, 0.6) is 5.75 Å². The minimum atomic E-state index is -0.213. The number of phenols is 1. The third-order valence-corrected chi connectivity index (χ3v) is 2.53. The van der Waals surface area contributed by atoms with Gasteiger partial charge in [-0.3, -0.25) is 4.79 Å². The van der Waals surface area contributed by atoms with Gasteiger partial charge in [-0.1, -0.05) is 39.1 Å². The molecule has 70 valence electrons. The molecule has 0 unspecified atom stereocenters.